The van der Waals surface area contributed by atoms with Crippen molar-refractivity contribution in [2.45, 2.75) is 19.9 Å². The standard InChI is InChI=1S/C20H25FN4O/c1-16-5-6-18(21)19(12-16)23-20(26)15-25-9-3-8-24(10-11-25)14-17-4-2-7-22-13-17/h2,4-7,12-13H,3,8-11,14-15H2,1H3,(H,23,26). The second-order valence-electron chi connectivity index (χ2n) is 6.80. The molecule has 2 aromatic rings. The lowest BCUT2D eigenvalue weighted by atomic mass is 10.2. The Labute approximate surface area is 153 Å². The highest BCUT2D eigenvalue weighted by Crippen LogP contribution is 2.16. The number of aryl methyl sites for hydroxylation is 1. The lowest BCUT2D eigenvalue weighted by Crippen LogP contribution is -2.36. The average Bonchev–Trinajstić information content (AvgIpc) is 2.84. The maximum Gasteiger partial charge on any atom is 0.238 e. The van der Waals surface area contributed by atoms with Crippen molar-refractivity contribution >= 4 is 11.6 Å². The molecular formula is C20H25FN4O. The molecule has 0 radical (unpaired) electrons. The Morgan fingerprint density at radius 2 is 2.00 bits per heavy atom. The smallest absolute Gasteiger partial charge is 0.238 e. The maximum absolute atomic E-state index is 13.8. The number of amides is 1. The van der Waals surface area contributed by atoms with Crippen LogP contribution < -0.4 is 5.32 Å². The number of rotatable bonds is 5. The van der Waals surface area contributed by atoms with Crippen LogP contribution in [-0.2, 0) is 11.3 Å². The highest BCUT2D eigenvalue weighted by atomic mass is 19.1. The summed E-state index contributed by atoms with van der Waals surface area (Å²) in [4.78, 5) is 21.0. The number of nitrogens with zero attached hydrogens (tertiary/aromatic N) is 3. The number of nitrogens with one attached hydrogen (secondary N) is 1. The zero-order valence-corrected chi connectivity index (χ0v) is 15.1. The van der Waals surface area contributed by atoms with Crippen LogP contribution in [0, 0.1) is 12.7 Å². The predicted octanol–water partition coefficient (Wildman–Crippen LogP) is 2.68. The monoisotopic (exact) mass is 356 g/mol. The van der Waals surface area contributed by atoms with Gasteiger partial charge < -0.3 is 5.32 Å². The maximum atomic E-state index is 13.8. The van der Waals surface area contributed by atoms with Crippen LogP contribution in [0.2, 0.25) is 0 Å². The molecule has 1 saturated heterocycles. The van der Waals surface area contributed by atoms with E-state index in [1.165, 1.54) is 11.6 Å². The summed E-state index contributed by atoms with van der Waals surface area (Å²) in [6.07, 6.45) is 4.68. The van der Waals surface area contributed by atoms with E-state index in [-0.39, 0.29) is 18.1 Å². The van der Waals surface area contributed by atoms with Gasteiger partial charge in [-0.3, -0.25) is 19.6 Å². The lowest BCUT2D eigenvalue weighted by molar-refractivity contribution is -0.117. The molecular weight excluding hydrogens is 331 g/mol. The fourth-order valence-corrected chi connectivity index (χ4v) is 3.22. The van der Waals surface area contributed by atoms with Crippen LogP contribution in [0.5, 0.6) is 0 Å². The van der Waals surface area contributed by atoms with Gasteiger partial charge in [0.2, 0.25) is 5.91 Å². The summed E-state index contributed by atoms with van der Waals surface area (Å²) >= 11 is 0. The molecule has 1 fully saturated rings. The van der Waals surface area contributed by atoms with Gasteiger partial charge >= 0.3 is 0 Å². The van der Waals surface area contributed by atoms with Crippen molar-refractivity contribution in [1.29, 1.82) is 0 Å². The molecule has 1 aromatic heterocycles. The molecule has 5 nitrogen and oxygen atoms in total. The molecule has 0 spiro atoms. The highest BCUT2D eigenvalue weighted by molar-refractivity contribution is 5.92. The normalized spacial score (nSPS) is 16.2. The molecule has 0 saturated carbocycles. The quantitative estimate of drug-likeness (QED) is 0.895. The van der Waals surface area contributed by atoms with Gasteiger partial charge in [-0.2, -0.15) is 0 Å². The van der Waals surface area contributed by atoms with E-state index in [1.54, 1.807) is 18.3 Å². The van der Waals surface area contributed by atoms with Gasteiger partial charge in [0.05, 0.1) is 12.2 Å². The minimum absolute atomic E-state index is 0.171. The topological polar surface area (TPSA) is 48.5 Å². The average molecular weight is 356 g/mol. The van der Waals surface area contributed by atoms with Gasteiger partial charge in [0.25, 0.3) is 0 Å². The molecule has 0 atom stereocenters. The van der Waals surface area contributed by atoms with Crippen molar-refractivity contribution in [1.82, 2.24) is 14.8 Å². The third kappa shape index (κ3) is 5.34. The van der Waals surface area contributed by atoms with E-state index in [1.807, 2.05) is 19.2 Å². The number of anilines is 1. The number of halogens is 1. The summed E-state index contributed by atoms with van der Waals surface area (Å²) in [7, 11) is 0. The summed E-state index contributed by atoms with van der Waals surface area (Å²) in [6.45, 7) is 6.63. The van der Waals surface area contributed by atoms with Gasteiger partial charge in [-0.15, -0.1) is 0 Å². The Bertz CT molecular complexity index is 738. The summed E-state index contributed by atoms with van der Waals surface area (Å²) in [5, 5.41) is 2.69. The van der Waals surface area contributed by atoms with Crippen molar-refractivity contribution in [3.05, 3.63) is 59.7 Å². The first-order valence-corrected chi connectivity index (χ1v) is 9.00. The molecule has 2 heterocycles. The number of aromatic nitrogens is 1. The SMILES string of the molecule is Cc1ccc(F)c(NC(=O)CN2CCCN(Cc3cccnc3)CC2)c1. The second kappa shape index (κ2) is 8.87. The third-order valence-electron chi connectivity index (χ3n) is 4.57. The Kier molecular flexibility index (Phi) is 6.30. The number of pyridine rings is 1. The molecule has 1 aliphatic rings. The summed E-state index contributed by atoms with van der Waals surface area (Å²) < 4.78 is 13.8. The van der Waals surface area contributed by atoms with Crippen molar-refractivity contribution in [2.75, 3.05) is 38.0 Å². The van der Waals surface area contributed by atoms with E-state index in [0.717, 1.165) is 44.7 Å². The molecule has 138 valence electrons. The summed E-state index contributed by atoms with van der Waals surface area (Å²) in [5.74, 6) is -0.572. The summed E-state index contributed by atoms with van der Waals surface area (Å²) in [5.41, 5.74) is 2.37. The zero-order chi connectivity index (χ0) is 18.4. The minimum atomic E-state index is -0.400. The number of hydrogen-bond acceptors (Lipinski definition) is 4. The molecule has 0 aliphatic carbocycles. The van der Waals surface area contributed by atoms with Crippen molar-refractivity contribution < 1.29 is 9.18 Å². The van der Waals surface area contributed by atoms with Gasteiger partial charge in [-0.1, -0.05) is 12.1 Å². The third-order valence-corrected chi connectivity index (χ3v) is 4.57. The van der Waals surface area contributed by atoms with Crippen LogP contribution in [0.3, 0.4) is 0 Å². The molecule has 1 amide bonds. The van der Waals surface area contributed by atoms with E-state index in [2.05, 4.69) is 26.2 Å². The van der Waals surface area contributed by atoms with Crippen molar-refractivity contribution in [3.63, 3.8) is 0 Å². The van der Waals surface area contributed by atoms with Gasteiger partial charge in [-0.25, -0.2) is 4.39 Å². The van der Waals surface area contributed by atoms with E-state index in [9.17, 15) is 9.18 Å². The van der Waals surface area contributed by atoms with Crippen LogP contribution in [0.15, 0.2) is 42.7 Å². The molecule has 1 aromatic carbocycles. The molecule has 0 unspecified atom stereocenters. The minimum Gasteiger partial charge on any atom is -0.322 e. The largest absolute Gasteiger partial charge is 0.322 e. The molecule has 6 heteroatoms. The Morgan fingerprint density at radius 1 is 1.19 bits per heavy atom. The van der Waals surface area contributed by atoms with E-state index in [4.69, 9.17) is 0 Å². The fraction of sp³-hybridized carbons (Fsp3) is 0.400. The van der Waals surface area contributed by atoms with Crippen LogP contribution >= 0.6 is 0 Å². The number of carbonyl (C=O) groups is 1. The van der Waals surface area contributed by atoms with Crippen molar-refractivity contribution in [2.24, 2.45) is 0 Å². The summed E-state index contributed by atoms with van der Waals surface area (Å²) in [6, 6.07) is 8.77. The lowest BCUT2D eigenvalue weighted by Gasteiger charge is -2.21. The number of hydrogen-bond donors (Lipinski definition) is 1. The van der Waals surface area contributed by atoms with Gasteiger partial charge in [0, 0.05) is 32.0 Å². The fourth-order valence-electron chi connectivity index (χ4n) is 3.22. The highest BCUT2D eigenvalue weighted by Gasteiger charge is 2.18. The van der Waals surface area contributed by atoms with E-state index < -0.39 is 5.82 Å². The van der Waals surface area contributed by atoms with Crippen LogP contribution in [0.4, 0.5) is 10.1 Å². The molecule has 0 bridgehead atoms. The first-order chi connectivity index (χ1) is 12.6. The second-order valence-corrected chi connectivity index (χ2v) is 6.80. The van der Waals surface area contributed by atoms with E-state index in [0.29, 0.717) is 0 Å². The van der Waals surface area contributed by atoms with Crippen LogP contribution in [-0.4, -0.2) is 53.4 Å². The molecule has 3 rings (SSSR count). The number of carbonyl (C=O) groups excluding carboxylic acids is 1. The van der Waals surface area contributed by atoms with E-state index >= 15 is 0 Å². The number of benzene rings is 1. The van der Waals surface area contributed by atoms with Gasteiger partial charge in [0.1, 0.15) is 5.82 Å². The zero-order valence-electron chi connectivity index (χ0n) is 15.1. The Balaban J connectivity index is 1.49. The van der Waals surface area contributed by atoms with Crippen molar-refractivity contribution in [3.8, 4) is 0 Å². The predicted molar refractivity (Wildman–Crippen MR) is 100 cm³/mol. The molecule has 26 heavy (non-hydrogen) atoms. The van der Waals surface area contributed by atoms with Crippen LogP contribution in [0.25, 0.3) is 0 Å². The molecule has 1 N–H and O–H groups in total. The van der Waals surface area contributed by atoms with Gasteiger partial charge in [0.15, 0.2) is 0 Å². The molecule has 1 aliphatic heterocycles. The van der Waals surface area contributed by atoms with Gasteiger partial charge in [-0.05, 0) is 55.8 Å². The Hall–Kier alpha value is -2.31. The first-order valence-electron chi connectivity index (χ1n) is 9.00. The first kappa shape index (κ1) is 18.5. The van der Waals surface area contributed by atoms with Crippen LogP contribution in [0.1, 0.15) is 17.5 Å². The Morgan fingerprint density at radius 3 is 2.81 bits per heavy atom.